The maximum Gasteiger partial charge on any atom is 0.116 e. The normalized spacial score (nSPS) is 17.0. The summed E-state index contributed by atoms with van der Waals surface area (Å²) in [6, 6.07) is 7.36. The Morgan fingerprint density at radius 1 is 1.38 bits per heavy atom. The van der Waals surface area contributed by atoms with Crippen LogP contribution >= 0.6 is 0 Å². The van der Waals surface area contributed by atoms with Crippen molar-refractivity contribution in [2.45, 2.75) is 12.8 Å². The molecule has 0 heterocycles. The first kappa shape index (κ1) is 7.88. The Labute approximate surface area is 76.7 Å². The van der Waals surface area contributed by atoms with E-state index in [-0.39, 0.29) is 5.75 Å². The average Bonchev–Trinajstić information content (AvgIpc) is 2.49. The molecule has 0 fully saturated rings. The SMILES string of the molecule is N#CC=C1CCc2ccc(O)cc21. The van der Waals surface area contributed by atoms with Gasteiger partial charge < -0.3 is 5.11 Å². The van der Waals surface area contributed by atoms with Gasteiger partial charge in [-0.2, -0.15) is 5.26 Å². The van der Waals surface area contributed by atoms with Crippen LogP contribution in [0.5, 0.6) is 5.75 Å². The molecule has 0 saturated carbocycles. The minimum atomic E-state index is 0.268. The van der Waals surface area contributed by atoms with E-state index in [1.807, 2.05) is 12.1 Å². The van der Waals surface area contributed by atoms with Gasteiger partial charge in [0, 0.05) is 6.08 Å². The molecule has 0 amide bonds. The van der Waals surface area contributed by atoms with Gasteiger partial charge in [0.1, 0.15) is 5.75 Å². The molecule has 0 aromatic heterocycles. The van der Waals surface area contributed by atoms with Crippen molar-refractivity contribution >= 4 is 5.57 Å². The summed E-state index contributed by atoms with van der Waals surface area (Å²) < 4.78 is 0. The fourth-order valence-corrected chi connectivity index (χ4v) is 1.71. The molecular formula is C11H9NO. The van der Waals surface area contributed by atoms with Crippen molar-refractivity contribution in [2.75, 3.05) is 0 Å². The Hall–Kier alpha value is -1.75. The van der Waals surface area contributed by atoms with Gasteiger partial charge in [-0.05, 0) is 41.7 Å². The summed E-state index contributed by atoms with van der Waals surface area (Å²) in [5.41, 5.74) is 3.29. The third-order valence-corrected chi connectivity index (χ3v) is 2.34. The number of allylic oxidation sites excluding steroid dienone is 2. The van der Waals surface area contributed by atoms with Crippen LogP contribution in [-0.2, 0) is 6.42 Å². The molecule has 1 aliphatic carbocycles. The quantitative estimate of drug-likeness (QED) is 0.608. The molecule has 2 heteroatoms. The topological polar surface area (TPSA) is 44.0 Å². The van der Waals surface area contributed by atoms with Gasteiger partial charge in [0.2, 0.25) is 0 Å². The highest BCUT2D eigenvalue weighted by molar-refractivity contribution is 5.74. The summed E-state index contributed by atoms with van der Waals surface area (Å²) in [5.74, 6) is 0.268. The van der Waals surface area contributed by atoms with E-state index < -0.39 is 0 Å². The highest BCUT2D eigenvalue weighted by atomic mass is 16.3. The van der Waals surface area contributed by atoms with Crippen molar-refractivity contribution < 1.29 is 5.11 Å². The number of benzene rings is 1. The van der Waals surface area contributed by atoms with E-state index >= 15 is 0 Å². The van der Waals surface area contributed by atoms with Gasteiger partial charge in [0.05, 0.1) is 6.07 Å². The number of phenolic OH excluding ortho intramolecular Hbond substituents is 1. The van der Waals surface area contributed by atoms with E-state index in [1.54, 1.807) is 18.2 Å². The van der Waals surface area contributed by atoms with Crippen LogP contribution in [0.25, 0.3) is 5.57 Å². The van der Waals surface area contributed by atoms with Gasteiger partial charge in [-0.25, -0.2) is 0 Å². The third kappa shape index (κ3) is 1.29. The first-order valence-electron chi connectivity index (χ1n) is 4.22. The number of hydrogen-bond acceptors (Lipinski definition) is 2. The van der Waals surface area contributed by atoms with Crippen molar-refractivity contribution in [2.24, 2.45) is 0 Å². The monoisotopic (exact) mass is 171 g/mol. The zero-order valence-electron chi connectivity index (χ0n) is 7.12. The minimum absolute atomic E-state index is 0.268. The van der Waals surface area contributed by atoms with Crippen molar-refractivity contribution in [1.29, 1.82) is 5.26 Å². The number of rotatable bonds is 0. The smallest absolute Gasteiger partial charge is 0.116 e. The molecule has 1 aromatic carbocycles. The van der Waals surface area contributed by atoms with Crippen LogP contribution in [0, 0.1) is 11.3 Å². The lowest BCUT2D eigenvalue weighted by Crippen LogP contribution is -1.79. The van der Waals surface area contributed by atoms with Gasteiger partial charge in [-0.3, -0.25) is 0 Å². The predicted octanol–water partition coefficient (Wildman–Crippen LogP) is 2.25. The lowest BCUT2D eigenvalue weighted by atomic mass is 10.1. The Bertz CT molecular complexity index is 413. The summed E-state index contributed by atoms with van der Waals surface area (Å²) in [5, 5.41) is 17.8. The van der Waals surface area contributed by atoms with Crippen molar-refractivity contribution in [3.05, 3.63) is 35.4 Å². The summed E-state index contributed by atoms with van der Waals surface area (Å²) in [6.07, 6.45) is 3.45. The van der Waals surface area contributed by atoms with E-state index in [9.17, 15) is 5.11 Å². The van der Waals surface area contributed by atoms with E-state index in [4.69, 9.17) is 5.26 Å². The third-order valence-electron chi connectivity index (χ3n) is 2.34. The maximum absolute atomic E-state index is 9.27. The molecule has 2 rings (SSSR count). The second-order valence-electron chi connectivity index (χ2n) is 3.14. The van der Waals surface area contributed by atoms with Gasteiger partial charge >= 0.3 is 0 Å². The molecule has 1 aliphatic rings. The van der Waals surface area contributed by atoms with E-state index in [0.29, 0.717) is 0 Å². The van der Waals surface area contributed by atoms with Crippen molar-refractivity contribution in [1.82, 2.24) is 0 Å². The van der Waals surface area contributed by atoms with Gasteiger partial charge in [0.15, 0.2) is 0 Å². The number of nitrogens with zero attached hydrogens (tertiary/aromatic N) is 1. The van der Waals surface area contributed by atoms with Crippen LogP contribution in [0.1, 0.15) is 17.5 Å². The molecule has 0 atom stereocenters. The highest BCUT2D eigenvalue weighted by Gasteiger charge is 2.15. The molecule has 1 N–H and O–H groups in total. The molecule has 2 nitrogen and oxygen atoms in total. The van der Waals surface area contributed by atoms with Gasteiger partial charge in [-0.1, -0.05) is 6.07 Å². The second-order valence-corrected chi connectivity index (χ2v) is 3.14. The van der Waals surface area contributed by atoms with Crippen LogP contribution in [0.15, 0.2) is 24.3 Å². The zero-order valence-corrected chi connectivity index (χ0v) is 7.12. The van der Waals surface area contributed by atoms with Gasteiger partial charge in [0.25, 0.3) is 0 Å². The number of aryl methyl sites for hydroxylation is 1. The van der Waals surface area contributed by atoms with Crippen LogP contribution in [0.2, 0.25) is 0 Å². The largest absolute Gasteiger partial charge is 0.508 e. The first-order valence-corrected chi connectivity index (χ1v) is 4.22. The molecule has 64 valence electrons. The standard InChI is InChI=1S/C11H9NO/c12-6-5-9-2-1-8-3-4-10(13)7-11(8)9/h3-5,7,13H,1-2H2. The molecule has 13 heavy (non-hydrogen) atoms. The molecule has 0 unspecified atom stereocenters. The number of nitriles is 1. The summed E-state index contributed by atoms with van der Waals surface area (Å²) in [7, 11) is 0. The molecular weight excluding hydrogens is 162 g/mol. The number of aromatic hydroxyl groups is 1. The molecule has 0 spiro atoms. The maximum atomic E-state index is 9.27. The number of phenols is 1. The summed E-state index contributed by atoms with van der Waals surface area (Å²) >= 11 is 0. The van der Waals surface area contributed by atoms with E-state index in [0.717, 1.165) is 24.0 Å². The Morgan fingerprint density at radius 3 is 3.00 bits per heavy atom. The minimum Gasteiger partial charge on any atom is -0.508 e. The Balaban J connectivity index is 2.54. The zero-order chi connectivity index (χ0) is 9.26. The predicted molar refractivity (Wildman–Crippen MR) is 50.0 cm³/mol. The molecule has 0 saturated heterocycles. The molecule has 0 bridgehead atoms. The number of hydrogen-bond donors (Lipinski definition) is 1. The summed E-state index contributed by atoms with van der Waals surface area (Å²) in [4.78, 5) is 0. The van der Waals surface area contributed by atoms with Crippen LogP contribution in [0.4, 0.5) is 0 Å². The van der Waals surface area contributed by atoms with E-state index in [2.05, 4.69) is 0 Å². The van der Waals surface area contributed by atoms with Gasteiger partial charge in [-0.15, -0.1) is 0 Å². The van der Waals surface area contributed by atoms with Crippen molar-refractivity contribution in [3.8, 4) is 11.8 Å². The molecule has 0 aliphatic heterocycles. The van der Waals surface area contributed by atoms with Crippen LogP contribution in [-0.4, -0.2) is 5.11 Å². The molecule has 0 radical (unpaired) electrons. The fraction of sp³-hybridized carbons (Fsp3) is 0.182. The fourth-order valence-electron chi connectivity index (χ4n) is 1.71. The highest BCUT2D eigenvalue weighted by Crippen LogP contribution is 2.33. The van der Waals surface area contributed by atoms with Crippen LogP contribution < -0.4 is 0 Å². The summed E-state index contributed by atoms with van der Waals surface area (Å²) in [6.45, 7) is 0. The van der Waals surface area contributed by atoms with E-state index in [1.165, 1.54) is 5.56 Å². The average molecular weight is 171 g/mol. The van der Waals surface area contributed by atoms with Crippen LogP contribution in [0.3, 0.4) is 0 Å². The number of fused-ring (bicyclic) bond motifs is 1. The van der Waals surface area contributed by atoms with Crippen molar-refractivity contribution in [3.63, 3.8) is 0 Å². The second kappa shape index (κ2) is 2.95. The lowest BCUT2D eigenvalue weighted by Gasteiger charge is -1.99. The lowest BCUT2D eigenvalue weighted by molar-refractivity contribution is 0.475. The first-order chi connectivity index (χ1) is 6.31. The molecule has 1 aromatic rings. The Kier molecular flexibility index (Phi) is 1.79. The Morgan fingerprint density at radius 2 is 2.23 bits per heavy atom.